The average Bonchev–Trinajstić information content (AvgIpc) is 2.89. The summed E-state index contributed by atoms with van der Waals surface area (Å²) in [5.41, 5.74) is 1.51. The van der Waals surface area contributed by atoms with E-state index in [9.17, 15) is 4.79 Å². The van der Waals surface area contributed by atoms with Crippen LogP contribution in [0, 0.1) is 6.92 Å². The number of benzene rings is 1. The summed E-state index contributed by atoms with van der Waals surface area (Å²) in [6, 6.07) is 11.5. The normalized spacial score (nSPS) is 10.7. The van der Waals surface area contributed by atoms with Crippen LogP contribution < -0.4 is 5.32 Å². The molecule has 1 heterocycles. The highest BCUT2D eigenvalue weighted by atomic mass is 16.3. The summed E-state index contributed by atoms with van der Waals surface area (Å²) >= 11 is 0. The number of carbonyl (C=O) groups is 1. The van der Waals surface area contributed by atoms with Crippen LogP contribution in [0.2, 0.25) is 0 Å². The number of nitrogens with zero attached hydrogens (tertiary/aromatic N) is 1. The fourth-order valence-electron chi connectivity index (χ4n) is 2.27. The van der Waals surface area contributed by atoms with Gasteiger partial charge < -0.3 is 14.6 Å². The van der Waals surface area contributed by atoms with Gasteiger partial charge in [-0.3, -0.25) is 4.79 Å². The van der Waals surface area contributed by atoms with Crippen LogP contribution in [0.1, 0.15) is 35.7 Å². The van der Waals surface area contributed by atoms with Gasteiger partial charge in [0.2, 0.25) is 0 Å². The van der Waals surface area contributed by atoms with Crippen molar-refractivity contribution in [2.24, 2.45) is 0 Å². The fraction of sp³-hybridized carbons (Fsp3) is 0.353. The Morgan fingerprint density at radius 3 is 2.52 bits per heavy atom. The minimum absolute atomic E-state index is 0.00371. The second-order valence-corrected chi connectivity index (χ2v) is 5.33. The van der Waals surface area contributed by atoms with E-state index < -0.39 is 0 Å². The Balaban J connectivity index is 2.27. The summed E-state index contributed by atoms with van der Waals surface area (Å²) in [6.07, 6.45) is 0. The van der Waals surface area contributed by atoms with E-state index in [1.165, 1.54) is 0 Å². The molecule has 0 bridgehead atoms. The molecule has 4 heteroatoms. The van der Waals surface area contributed by atoms with Gasteiger partial charge in [-0.25, -0.2) is 0 Å². The Morgan fingerprint density at radius 2 is 1.95 bits per heavy atom. The highest BCUT2D eigenvalue weighted by Crippen LogP contribution is 2.20. The highest BCUT2D eigenvalue weighted by Gasteiger charge is 2.22. The molecule has 0 aliphatic carbocycles. The quantitative estimate of drug-likeness (QED) is 0.912. The van der Waals surface area contributed by atoms with Crippen molar-refractivity contribution >= 4 is 11.6 Å². The minimum atomic E-state index is 0.00371. The molecule has 0 saturated heterocycles. The average molecular weight is 286 g/mol. The van der Waals surface area contributed by atoms with E-state index in [0.29, 0.717) is 12.1 Å². The molecular formula is C17H22N2O2. The maximum Gasteiger partial charge on any atom is 0.256 e. The SMILES string of the molecule is CNc1ccccc1C(=O)N(Cc1ccc(C)o1)C(C)C. The van der Waals surface area contributed by atoms with Gasteiger partial charge in [-0.1, -0.05) is 12.1 Å². The molecule has 1 aromatic heterocycles. The van der Waals surface area contributed by atoms with Crippen LogP contribution >= 0.6 is 0 Å². The molecule has 112 valence electrons. The molecule has 0 spiro atoms. The first kappa shape index (κ1) is 15.2. The van der Waals surface area contributed by atoms with Gasteiger partial charge in [0.25, 0.3) is 5.91 Å². The lowest BCUT2D eigenvalue weighted by Gasteiger charge is -2.26. The Kier molecular flexibility index (Phi) is 4.68. The Labute approximate surface area is 125 Å². The molecule has 1 N–H and O–H groups in total. The largest absolute Gasteiger partial charge is 0.464 e. The number of para-hydroxylation sites is 1. The lowest BCUT2D eigenvalue weighted by Crippen LogP contribution is -2.36. The molecule has 4 nitrogen and oxygen atoms in total. The molecule has 21 heavy (non-hydrogen) atoms. The summed E-state index contributed by atoms with van der Waals surface area (Å²) in [5, 5.41) is 3.07. The zero-order valence-corrected chi connectivity index (χ0v) is 13.0. The summed E-state index contributed by atoms with van der Waals surface area (Å²) in [5.74, 6) is 1.66. The standard InChI is InChI=1S/C17H22N2O2/c1-12(2)19(11-14-10-9-13(3)21-14)17(20)15-7-5-6-8-16(15)18-4/h5-10,12,18H,11H2,1-4H3. The van der Waals surface area contributed by atoms with Gasteiger partial charge in [-0.2, -0.15) is 0 Å². The first-order chi connectivity index (χ1) is 10.0. The van der Waals surface area contributed by atoms with Crippen molar-refractivity contribution in [1.29, 1.82) is 0 Å². The second kappa shape index (κ2) is 6.48. The number of aryl methyl sites for hydroxylation is 1. The zero-order chi connectivity index (χ0) is 15.4. The number of hydrogen-bond donors (Lipinski definition) is 1. The summed E-state index contributed by atoms with van der Waals surface area (Å²) in [4.78, 5) is 14.6. The molecule has 0 fully saturated rings. The van der Waals surface area contributed by atoms with Gasteiger partial charge in [0.15, 0.2) is 0 Å². The summed E-state index contributed by atoms with van der Waals surface area (Å²) in [6.45, 7) is 6.40. The van der Waals surface area contributed by atoms with Gasteiger partial charge in [-0.15, -0.1) is 0 Å². The molecule has 0 atom stereocenters. The van der Waals surface area contributed by atoms with Crippen molar-refractivity contribution in [3.8, 4) is 0 Å². The first-order valence-corrected chi connectivity index (χ1v) is 7.16. The molecule has 2 rings (SSSR count). The van der Waals surface area contributed by atoms with Crippen LogP contribution in [0.25, 0.3) is 0 Å². The zero-order valence-electron chi connectivity index (χ0n) is 13.0. The van der Waals surface area contributed by atoms with Crippen LogP contribution in [0.5, 0.6) is 0 Å². The molecule has 0 radical (unpaired) electrons. The lowest BCUT2D eigenvalue weighted by molar-refractivity contribution is 0.0676. The number of furan rings is 1. The van der Waals surface area contributed by atoms with Crippen molar-refractivity contribution in [2.75, 3.05) is 12.4 Å². The third-order valence-electron chi connectivity index (χ3n) is 3.43. The van der Waals surface area contributed by atoms with Gasteiger partial charge in [0.1, 0.15) is 11.5 Å². The van der Waals surface area contributed by atoms with Crippen molar-refractivity contribution in [2.45, 2.75) is 33.4 Å². The molecule has 1 amide bonds. The third kappa shape index (κ3) is 3.45. The molecular weight excluding hydrogens is 264 g/mol. The number of amides is 1. The third-order valence-corrected chi connectivity index (χ3v) is 3.43. The molecule has 0 aliphatic heterocycles. The number of rotatable bonds is 5. The predicted molar refractivity (Wildman–Crippen MR) is 84.4 cm³/mol. The number of carbonyl (C=O) groups excluding carboxylic acids is 1. The van der Waals surface area contributed by atoms with Crippen molar-refractivity contribution < 1.29 is 9.21 Å². The predicted octanol–water partition coefficient (Wildman–Crippen LogP) is 3.68. The highest BCUT2D eigenvalue weighted by molar-refractivity contribution is 5.99. The van der Waals surface area contributed by atoms with Crippen molar-refractivity contribution in [1.82, 2.24) is 4.90 Å². The van der Waals surface area contributed by atoms with Crippen LogP contribution in [0.4, 0.5) is 5.69 Å². The Hall–Kier alpha value is -2.23. The Morgan fingerprint density at radius 1 is 1.24 bits per heavy atom. The molecule has 0 saturated carbocycles. The van der Waals surface area contributed by atoms with Gasteiger partial charge in [0, 0.05) is 18.8 Å². The lowest BCUT2D eigenvalue weighted by atomic mass is 10.1. The molecule has 1 aromatic carbocycles. The van der Waals surface area contributed by atoms with E-state index in [1.54, 1.807) is 0 Å². The maximum atomic E-state index is 12.8. The molecule has 2 aromatic rings. The van der Waals surface area contributed by atoms with E-state index in [0.717, 1.165) is 17.2 Å². The summed E-state index contributed by atoms with van der Waals surface area (Å²) < 4.78 is 5.60. The van der Waals surface area contributed by atoms with E-state index in [2.05, 4.69) is 5.32 Å². The van der Waals surface area contributed by atoms with E-state index >= 15 is 0 Å². The van der Waals surface area contributed by atoms with Gasteiger partial charge in [-0.05, 0) is 45.0 Å². The van der Waals surface area contributed by atoms with Gasteiger partial charge >= 0.3 is 0 Å². The monoisotopic (exact) mass is 286 g/mol. The topological polar surface area (TPSA) is 45.5 Å². The number of hydrogen-bond acceptors (Lipinski definition) is 3. The fourth-order valence-corrected chi connectivity index (χ4v) is 2.27. The van der Waals surface area contributed by atoms with Crippen molar-refractivity contribution in [3.05, 3.63) is 53.5 Å². The Bertz CT molecular complexity index is 617. The van der Waals surface area contributed by atoms with E-state index in [-0.39, 0.29) is 11.9 Å². The molecule has 0 aliphatic rings. The van der Waals surface area contributed by atoms with Gasteiger partial charge in [0.05, 0.1) is 12.1 Å². The number of nitrogens with one attached hydrogen (secondary N) is 1. The van der Waals surface area contributed by atoms with Crippen LogP contribution in [0.15, 0.2) is 40.8 Å². The number of anilines is 1. The van der Waals surface area contributed by atoms with E-state index in [4.69, 9.17) is 4.42 Å². The minimum Gasteiger partial charge on any atom is -0.464 e. The second-order valence-electron chi connectivity index (χ2n) is 5.33. The van der Waals surface area contributed by atoms with E-state index in [1.807, 2.05) is 69.1 Å². The van der Waals surface area contributed by atoms with Crippen LogP contribution in [-0.2, 0) is 6.54 Å². The molecule has 0 unspecified atom stereocenters. The van der Waals surface area contributed by atoms with Crippen molar-refractivity contribution in [3.63, 3.8) is 0 Å². The maximum absolute atomic E-state index is 12.8. The first-order valence-electron chi connectivity index (χ1n) is 7.16. The van der Waals surface area contributed by atoms with Crippen LogP contribution in [0.3, 0.4) is 0 Å². The van der Waals surface area contributed by atoms with Crippen LogP contribution in [-0.4, -0.2) is 23.9 Å². The summed E-state index contributed by atoms with van der Waals surface area (Å²) in [7, 11) is 1.82. The smallest absolute Gasteiger partial charge is 0.256 e.